The largest absolute Gasteiger partial charge is 0.383 e. The van der Waals surface area contributed by atoms with E-state index in [1.807, 2.05) is 37.3 Å². The van der Waals surface area contributed by atoms with Crippen LogP contribution < -0.4 is 4.90 Å². The standard InChI is InChI=1S/C15H15NO2S/c1-9-3-6-13(19-9)15(18)10-4-5-12-11(7-10)8-14(17)16(12)2/h3-7,15,18H,8H2,1-2H3. The quantitative estimate of drug-likeness (QED) is 0.914. The number of carbonyl (C=O) groups excluding carboxylic acids is 1. The molecule has 1 aliphatic rings. The van der Waals surface area contributed by atoms with Gasteiger partial charge in [-0.3, -0.25) is 4.79 Å². The highest BCUT2D eigenvalue weighted by atomic mass is 32.1. The third-order valence-electron chi connectivity index (χ3n) is 3.53. The number of likely N-dealkylation sites (N-methyl/N-ethyl adjacent to an activating group) is 1. The van der Waals surface area contributed by atoms with Gasteiger partial charge in [-0.25, -0.2) is 0 Å². The minimum Gasteiger partial charge on any atom is -0.383 e. The minimum atomic E-state index is -0.606. The van der Waals surface area contributed by atoms with Crippen molar-refractivity contribution in [2.45, 2.75) is 19.4 Å². The molecule has 19 heavy (non-hydrogen) atoms. The fraction of sp³-hybridized carbons (Fsp3) is 0.267. The van der Waals surface area contributed by atoms with E-state index in [0.29, 0.717) is 6.42 Å². The van der Waals surface area contributed by atoms with Crippen LogP contribution in [0.3, 0.4) is 0 Å². The zero-order valence-corrected chi connectivity index (χ0v) is 11.7. The number of aliphatic hydroxyl groups excluding tert-OH is 1. The molecular formula is C15H15NO2S. The molecule has 0 aliphatic carbocycles. The fourth-order valence-electron chi connectivity index (χ4n) is 2.42. The minimum absolute atomic E-state index is 0.105. The van der Waals surface area contributed by atoms with Crippen molar-refractivity contribution >= 4 is 22.9 Å². The van der Waals surface area contributed by atoms with Crippen molar-refractivity contribution in [1.29, 1.82) is 0 Å². The molecule has 2 heterocycles. The normalized spacial score (nSPS) is 15.7. The number of thiophene rings is 1. The molecule has 0 fully saturated rings. The van der Waals surface area contributed by atoms with Crippen LogP contribution in [0.1, 0.15) is 27.0 Å². The Bertz CT molecular complexity index is 647. The van der Waals surface area contributed by atoms with Gasteiger partial charge >= 0.3 is 0 Å². The molecule has 1 atom stereocenters. The molecule has 1 amide bonds. The number of rotatable bonds is 2. The number of carbonyl (C=O) groups is 1. The zero-order valence-electron chi connectivity index (χ0n) is 10.9. The number of fused-ring (bicyclic) bond motifs is 1. The second kappa shape index (κ2) is 4.47. The predicted molar refractivity (Wildman–Crippen MR) is 76.7 cm³/mol. The Morgan fingerprint density at radius 1 is 1.32 bits per heavy atom. The first-order valence-corrected chi connectivity index (χ1v) is 7.01. The van der Waals surface area contributed by atoms with Gasteiger partial charge in [-0.15, -0.1) is 11.3 Å². The van der Waals surface area contributed by atoms with E-state index in [0.717, 1.165) is 21.7 Å². The van der Waals surface area contributed by atoms with Gasteiger partial charge in [-0.05, 0) is 36.2 Å². The molecule has 0 radical (unpaired) electrons. The SMILES string of the molecule is Cc1ccc(C(O)c2ccc3c(c2)CC(=O)N3C)s1. The lowest BCUT2D eigenvalue weighted by Gasteiger charge is -2.13. The van der Waals surface area contributed by atoms with Gasteiger partial charge in [-0.1, -0.05) is 12.1 Å². The average Bonchev–Trinajstić information content (AvgIpc) is 2.94. The lowest BCUT2D eigenvalue weighted by Crippen LogP contribution is -2.20. The molecule has 1 N–H and O–H groups in total. The van der Waals surface area contributed by atoms with E-state index in [2.05, 4.69) is 0 Å². The summed E-state index contributed by atoms with van der Waals surface area (Å²) in [4.78, 5) is 15.4. The summed E-state index contributed by atoms with van der Waals surface area (Å²) in [6.07, 6.45) is -0.180. The predicted octanol–water partition coefficient (Wildman–Crippen LogP) is 2.66. The van der Waals surface area contributed by atoms with Gasteiger partial charge < -0.3 is 10.0 Å². The van der Waals surface area contributed by atoms with E-state index in [-0.39, 0.29) is 5.91 Å². The molecule has 0 bridgehead atoms. The van der Waals surface area contributed by atoms with E-state index in [4.69, 9.17) is 0 Å². The van der Waals surface area contributed by atoms with Crippen LogP contribution in [0.2, 0.25) is 0 Å². The third kappa shape index (κ3) is 2.07. The molecule has 1 unspecified atom stereocenters. The number of hydrogen-bond acceptors (Lipinski definition) is 3. The van der Waals surface area contributed by atoms with E-state index < -0.39 is 6.10 Å². The maximum absolute atomic E-state index is 11.7. The van der Waals surface area contributed by atoms with Crippen molar-refractivity contribution < 1.29 is 9.90 Å². The summed E-state index contributed by atoms with van der Waals surface area (Å²) in [6, 6.07) is 9.71. The van der Waals surface area contributed by atoms with Crippen molar-refractivity contribution in [3.8, 4) is 0 Å². The van der Waals surface area contributed by atoms with Gasteiger partial charge in [0.05, 0.1) is 6.42 Å². The van der Waals surface area contributed by atoms with Crippen molar-refractivity contribution in [3.63, 3.8) is 0 Å². The van der Waals surface area contributed by atoms with Gasteiger partial charge in [0.1, 0.15) is 6.10 Å². The lowest BCUT2D eigenvalue weighted by molar-refractivity contribution is -0.117. The van der Waals surface area contributed by atoms with Crippen LogP contribution in [0.15, 0.2) is 30.3 Å². The molecule has 2 aromatic rings. The number of aryl methyl sites for hydroxylation is 1. The van der Waals surface area contributed by atoms with E-state index in [1.54, 1.807) is 23.3 Å². The van der Waals surface area contributed by atoms with Crippen LogP contribution in [0.4, 0.5) is 5.69 Å². The summed E-state index contributed by atoms with van der Waals surface area (Å²) < 4.78 is 0. The van der Waals surface area contributed by atoms with Crippen LogP contribution in [0.25, 0.3) is 0 Å². The van der Waals surface area contributed by atoms with E-state index >= 15 is 0 Å². The maximum Gasteiger partial charge on any atom is 0.231 e. The highest BCUT2D eigenvalue weighted by molar-refractivity contribution is 7.12. The van der Waals surface area contributed by atoms with E-state index in [9.17, 15) is 9.90 Å². The van der Waals surface area contributed by atoms with Crippen molar-refractivity contribution in [3.05, 3.63) is 51.2 Å². The molecule has 0 saturated carbocycles. The molecule has 4 heteroatoms. The second-order valence-electron chi connectivity index (χ2n) is 4.87. The molecular weight excluding hydrogens is 258 g/mol. The third-order valence-corrected chi connectivity index (χ3v) is 4.58. The Morgan fingerprint density at radius 3 is 2.79 bits per heavy atom. The molecule has 3 rings (SSSR count). The molecule has 1 aromatic carbocycles. The summed E-state index contributed by atoms with van der Waals surface area (Å²) >= 11 is 1.60. The number of nitrogens with zero attached hydrogens (tertiary/aromatic N) is 1. The summed E-state index contributed by atoms with van der Waals surface area (Å²) in [7, 11) is 1.78. The van der Waals surface area contributed by atoms with Crippen molar-refractivity contribution in [2.75, 3.05) is 11.9 Å². The number of amides is 1. The topological polar surface area (TPSA) is 40.5 Å². The average molecular weight is 273 g/mol. The number of benzene rings is 1. The fourth-order valence-corrected chi connectivity index (χ4v) is 3.32. The maximum atomic E-state index is 11.7. The van der Waals surface area contributed by atoms with Gasteiger partial charge in [0.2, 0.25) is 5.91 Å². The Balaban J connectivity index is 1.95. The summed E-state index contributed by atoms with van der Waals surface area (Å²) in [6.45, 7) is 2.03. The first-order chi connectivity index (χ1) is 9.06. The van der Waals surface area contributed by atoms with Crippen molar-refractivity contribution in [2.24, 2.45) is 0 Å². The molecule has 3 nitrogen and oxygen atoms in total. The van der Waals surface area contributed by atoms with Crippen LogP contribution in [-0.4, -0.2) is 18.1 Å². The Morgan fingerprint density at radius 2 is 2.11 bits per heavy atom. The van der Waals surface area contributed by atoms with Gasteiger partial charge in [0.15, 0.2) is 0 Å². The van der Waals surface area contributed by atoms with Crippen LogP contribution in [-0.2, 0) is 11.2 Å². The first kappa shape index (κ1) is 12.4. The molecule has 98 valence electrons. The highest BCUT2D eigenvalue weighted by Gasteiger charge is 2.25. The Kier molecular flexibility index (Phi) is 2.92. The van der Waals surface area contributed by atoms with Gasteiger partial charge in [0.25, 0.3) is 0 Å². The molecule has 0 spiro atoms. The summed E-state index contributed by atoms with van der Waals surface area (Å²) in [5.74, 6) is 0.105. The summed E-state index contributed by atoms with van der Waals surface area (Å²) in [5.41, 5.74) is 2.80. The van der Waals surface area contributed by atoms with Crippen molar-refractivity contribution in [1.82, 2.24) is 0 Å². The van der Waals surface area contributed by atoms with E-state index in [1.165, 1.54) is 4.88 Å². The Hall–Kier alpha value is -1.65. The summed E-state index contributed by atoms with van der Waals surface area (Å²) in [5, 5.41) is 10.4. The first-order valence-electron chi connectivity index (χ1n) is 6.20. The molecule has 1 aromatic heterocycles. The van der Waals surface area contributed by atoms with Crippen LogP contribution in [0, 0.1) is 6.92 Å². The molecule has 1 aliphatic heterocycles. The van der Waals surface area contributed by atoms with Crippen LogP contribution >= 0.6 is 11.3 Å². The smallest absolute Gasteiger partial charge is 0.231 e. The number of hydrogen-bond donors (Lipinski definition) is 1. The zero-order chi connectivity index (χ0) is 13.6. The molecule has 0 saturated heterocycles. The van der Waals surface area contributed by atoms with Gasteiger partial charge in [0, 0.05) is 22.5 Å². The number of anilines is 1. The van der Waals surface area contributed by atoms with Crippen LogP contribution in [0.5, 0.6) is 0 Å². The lowest BCUT2D eigenvalue weighted by atomic mass is 10.0. The monoisotopic (exact) mass is 273 g/mol. The Labute approximate surface area is 116 Å². The number of aliphatic hydroxyl groups is 1. The van der Waals surface area contributed by atoms with Gasteiger partial charge in [-0.2, -0.15) is 0 Å². The second-order valence-corrected chi connectivity index (χ2v) is 6.19. The highest BCUT2D eigenvalue weighted by Crippen LogP contribution is 2.33.